The molecule has 114 valence electrons. The Kier molecular flexibility index (Phi) is 4.32. The molecule has 7 heteroatoms. The van der Waals surface area contributed by atoms with Gasteiger partial charge < -0.3 is 5.11 Å². The molecule has 0 aliphatic rings. The van der Waals surface area contributed by atoms with Gasteiger partial charge in [-0.05, 0) is 25.1 Å². The normalized spacial score (nSPS) is 10.5. The van der Waals surface area contributed by atoms with E-state index < -0.39 is 28.5 Å². The van der Waals surface area contributed by atoms with Crippen LogP contribution in [0.1, 0.15) is 17.3 Å². The van der Waals surface area contributed by atoms with Gasteiger partial charge in [0, 0.05) is 11.6 Å². The lowest BCUT2D eigenvalue weighted by atomic mass is 10.2. The summed E-state index contributed by atoms with van der Waals surface area (Å²) < 4.78 is 1.69. The van der Waals surface area contributed by atoms with Crippen LogP contribution in [0.2, 0.25) is 5.02 Å². The van der Waals surface area contributed by atoms with Gasteiger partial charge in [-0.3, -0.25) is 14.2 Å². The first kappa shape index (κ1) is 15.8. The Morgan fingerprint density at radius 3 is 2.64 bits per heavy atom. The second-order valence-corrected chi connectivity index (χ2v) is 4.99. The fourth-order valence-corrected chi connectivity index (χ4v) is 2.27. The summed E-state index contributed by atoms with van der Waals surface area (Å²) in [6.07, 6.45) is 1.37. The fraction of sp³-hybridized carbons (Fsp3) is 0.133. The molecule has 22 heavy (non-hydrogen) atoms. The van der Waals surface area contributed by atoms with Crippen LogP contribution < -0.4 is 11.2 Å². The number of carbonyl (C=O) groups is 1. The second-order valence-electron chi connectivity index (χ2n) is 4.56. The van der Waals surface area contributed by atoms with E-state index in [1.54, 1.807) is 12.1 Å². The van der Waals surface area contributed by atoms with Crippen LogP contribution in [0.25, 0.3) is 5.69 Å². The van der Waals surface area contributed by atoms with Gasteiger partial charge in [0.25, 0.3) is 5.56 Å². The Balaban J connectivity index is 2.96. The van der Waals surface area contributed by atoms with Crippen LogP contribution in [-0.4, -0.2) is 20.0 Å². The standard InChI is InChI=1S/C15H13ClN2O4/c1-3-7-17-13(20)12(9(2)19)14(21)18(15(17)22)11-6-4-5-10(16)8-11/h3-6,8,20H,1,7H2,2H3. The lowest BCUT2D eigenvalue weighted by molar-refractivity contribution is 0.101. The maximum atomic E-state index is 12.5. The van der Waals surface area contributed by atoms with Crippen molar-refractivity contribution in [2.75, 3.05) is 0 Å². The van der Waals surface area contributed by atoms with E-state index in [2.05, 4.69) is 6.58 Å². The van der Waals surface area contributed by atoms with Crippen LogP contribution in [0.3, 0.4) is 0 Å². The van der Waals surface area contributed by atoms with E-state index in [-0.39, 0.29) is 12.2 Å². The molecule has 0 spiro atoms. The molecule has 0 amide bonds. The monoisotopic (exact) mass is 320 g/mol. The van der Waals surface area contributed by atoms with Gasteiger partial charge in [0.05, 0.1) is 5.69 Å². The van der Waals surface area contributed by atoms with Gasteiger partial charge in [0.1, 0.15) is 5.56 Å². The summed E-state index contributed by atoms with van der Waals surface area (Å²) in [7, 11) is 0. The quantitative estimate of drug-likeness (QED) is 0.687. The molecule has 2 aromatic rings. The number of allylic oxidation sites excluding steroid dienone is 1. The molecule has 1 heterocycles. The smallest absolute Gasteiger partial charge is 0.338 e. The van der Waals surface area contributed by atoms with E-state index in [9.17, 15) is 19.5 Å². The average Bonchev–Trinajstić information content (AvgIpc) is 2.43. The highest BCUT2D eigenvalue weighted by atomic mass is 35.5. The summed E-state index contributed by atoms with van der Waals surface area (Å²) in [6.45, 7) is 4.58. The fourth-order valence-electron chi connectivity index (χ4n) is 2.09. The van der Waals surface area contributed by atoms with E-state index in [1.165, 1.54) is 18.2 Å². The maximum Gasteiger partial charge on any atom is 0.338 e. The third kappa shape index (κ3) is 2.60. The summed E-state index contributed by atoms with van der Waals surface area (Å²) in [6, 6.07) is 6.09. The van der Waals surface area contributed by atoms with Gasteiger partial charge in [-0.25, -0.2) is 9.36 Å². The van der Waals surface area contributed by atoms with E-state index in [0.29, 0.717) is 5.02 Å². The van der Waals surface area contributed by atoms with Crippen molar-refractivity contribution in [3.63, 3.8) is 0 Å². The second kappa shape index (κ2) is 6.03. The molecule has 1 aromatic heterocycles. The van der Waals surface area contributed by atoms with Crippen molar-refractivity contribution >= 4 is 17.4 Å². The SMILES string of the molecule is C=CCn1c(O)c(C(C)=O)c(=O)n(-c2cccc(Cl)c2)c1=O. The van der Waals surface area contributed by atoms with Crippen molar-refractivity contribution in [2.45, 2.75) is 13.5 Å². The molecule has 0 bridgehead atoms. The molecular formula is C15H13ClN2O4. The van der Waals surface area contributed by atoms with Crippen LogP contribution in [0, 0.1) is 0 Å². The molecule has 6 nitrogen and oxygen atoms in total. The van der Waals surface area contributed by atoms with Crippen LogP contribution in [0.5, 0.6) is 5.88 Å². The topological polar surface area (TPSA) is 81.3 Å². The average molecular weight is 321 g/mol. The minimum Gasteiger partial charge on any atom is -0.494 e. The summed E-state index contributed by atoms with van der Waals surface area (Å²) >= 11 is 5.88. The first-order chi connectivity index (χ1) is 10.4. The van der Waals surface area contributed by atoms with Crippen LogP contribution in [0.15, 0.2) is 46.5 Å². The van der Waals surface area contributed by atoms with E-state index in [1.807, 2.05) is 0 Å². The number of benzene rings is 1. The zero-order valence-electron chi connectivity index (χ0n) is 11.7. The number of hydrogen-bond acceptors (Lipinski definition) is 4. The minimum atomic E-state index is -0.891. The summed E-state index contributed by atoms with van der Waals surface area (Å²) in [5.41, 5.74) is -1.92. The minimum absolute atomic E-state index is 0.0498. The molecule has 1 aromatic carbocycles. The number of carbonyl (C=O) groups excluding carboxylic acids is 1. The van der Waals surface area contributed by atoms with Gasteiger partial charge in [-0.15, -0.1) is 6.58 Å². The number of aromatic hydroxyl groups is 1. The highest BCUT2D eigenvalue weighted by Gasteiger charge is 2.22. The van der Waals surface area contributed by atoms with Gasteiger partial charge >= 0.3 is 5.69 Å². The Hall–Kier alpha value is -2.60. The number of nitrogens with zero attached hydrogens (tertiary/aromatic N) is 2. The van der Waals surface area contributed by atoms with Gasteiger partial charge in [-0.2, -0.15) is 0 Å². The highest BCUT2D eigenvalue weighted by molar-refractivity contribution is 6.30. The molecule has 2 rings (SSSR count). The molecule has 0 radical (unpaired) electrons. The number of ketones is 1. The van der Waals surface area contributed by atoms with Gasteiger partial charge in [0.2, 0.25) is 5.88 Å². The predicted octanol–water partition coefficient (Wildman–Crippen LogP) is 1.75. The number of hydrogen-bond donors (Lipinski definition) is 1. The van der Waals surface area contributed by atoms with Crippen LogP contribution in [0.4, 0.5) is 0 Å². The van der Waals surface area contributed by atoms with Gasteiger partial charge in [0.15, 0.2) is 5.78 Å². The predicted molar refractivity (Wildman–Crippen MR) is 83.2 cm³/mol. The molecule has 1 N–H and O–H groups in total. The maximum absolute atomic E-state index is 12.5. The van der Waals surface area contributed by atoms with E-state index in [0.717, 1.165) is 16.1 Å². The number of rotatable bonds is 4. The van der Waals surface area contributed by atoms with Crippen molar-refractivity contribution in [3.8, 4) is 11.6 Å². The van der Waals surface area contributed by atoms with Crippen molar-refractivity contribution in [3.05, 3.63) is 68.3 Å². The zero-order chi connectivity index (χ0) is 16.4. The van der Waals surface area contributed by atoms with Crippen molar-refractivity contribution in [2.24, 2.45) is 0 Å². The van der Waals surface area contributed by atoms with Crippen molar-refractivity contribution in [1.82, 2.24) is 9.13 Å². The van der Waals surface area contributed by atoms with Crippen molar-refractivity contribution in [1.29, 1.82) is 0 Å². The lowest BCUT2D eigenvalue weighted by Crippen LogP contribution is -2.41. The van der Waals surface area contributed by atoms with Crippen LogP contribution in [-0.2, 0) is 6.54 Å². The molecule has 0 fully saturated rings. The summed E-state index contributed by atoms with van der Waals surface area (Å²) in [4.78, 5) is 36.5. The summed E-state index contributed by atoms with van der Waals surface area (Å²) in [5.74, 6) is -1.31. The molecule has 0 saturated carbocycles. The van der Waals surface area contributed by atoms with E-state index >= 15 is 0 Å². The first-order valence-corrected chi connectivity index (χ1v) is 6.73. The Bertz CT molecular complexity index is 880. The molecular weight excluding hydrogens is 308 g/mol. The van der Waals surface area contributed by atoms with Crippen LogP contribution >= 0.6 is 11.6 Å². The van der Waals surface area contributed by atoms with Gasteiger partial charge in [-0.1, -0.05) is 23.7 Å². The molecule has 0 atom stereocenters. The third-order valence-electron chi connectivity index (χ3n) is 3.05. The molecule has 0 aliphatic heterocycles. The third-order valence-corrected chi connectivity index (χ3v) is 3.28. The number of Topliss-reactive ketones (excluding diaryl/α,β-unsaturated/α-hetero) is 1. The zero-order valence-corrected chi connectivity index (χ0v) is 12.5. The largest absolute Gasteiger partial charge is 0.494 e. The Labute approximate surface area is 130 Å². The highest BCUT2D eigenvalue weighted by Crippen LogP contribution is 2.15. The molecule has 0 saturated heterocycles. The Morgan fingerprint density at radius 1 is 1.41 bits per heavy atom. The number of aromatic nitrogens is 2. The number of halogens is 1. The lowest BCUT2D eigenvalue weighted by Gasteiger charge is -2.13. The van der Waals surface area contributed by atoms with Crippen molar-refractivity contribution < 1.29 is 9.90 Å². The Morgan fingerprint density at radius 2 is 2.09 bits per heavy atom. The molecule has 0 unspecified atom stereocenters. The summed E-state index contributed by atoms with van der Waals surface area (Å²) in [5, 5.41) is 10.4. The first-order valence-electron chi connectivity index (χ1n) is 6.35. The van der Waals surface area contributed by atoms with E-state index in [4.69, 9.17) is 11.6 Å². The molecule has 0 aliphatic carbocycles.